The summed E-state index contributed by atoms with van der Waals surface area (Å²) >= 11 is 0. The van der Waals surface area contributed by atoms with Gasteiger partial charge in [0.25, 0.3) is 0 Å². The number of ether oxygens (including phenoxy) is 1. The molecule has 0 spiro atoms. The molecule has 3 unspecified atom stereocenters. The number of anilines is 1. The van der Waals surface area contributed by atoms with Crippen molar-refractivity contribution in [1.82, 2.24) is 0 Å². The van der Waals surface area contributed by atoms with E-state index in [4.69, 9.17) is 4.74 Å². The van der Waals surface area contributed by atoms with Gasteiger partial charge >= 0.3 is 0 Å². The first-order chi connectivity index (χ1) is 11.9. The molecule has 1 aromatic carbocycles. The minimum atomic E-state index is -0.610. The summed E-state index contributed by atoms with van der Waals surface area (Å²) in [5.74, 6) is 0.0195. The fourth-order valence-electron chi connectivity index (χ4n) is 3.03. The van der Waals surface area contributed by atoms with Gasteiger partial charge < -0.3 is 24.7 Å². The number of nitrogens with one attached hydrogen (secondary N) is 1. The Labute approximate surface area is 147 Å². The third-order valence-electron chi connectivity index (χ3n) is 4.40. The number of carbonyl (C=O) groups is 3. The summed E-state index contributed by atoms with van der Waals surface area (Å²) in [6.07, 6.45) is 2.65. The van der Waals surface area contributed by atoms with Crippen LogP contribution in [0.15, 0.2) is 18.2 Å². The lowest BCUT2D eigenvalue weighted by atomic mass is 9.85. The monoisotopic (exact) mass is 347 g/mol. The van der Waals surface area contributed by atoms with Gasteiger partial charge in [0.05, 0.1) is 17.9 Å². The van der Waals surface area contributed by atoms with Crippen LogP contribution in [0, 0.1) is 5.92 Å². The fourth-order valence-corrected chi connectivity index (χ4v) is 3.03. The van der Waals surface area contributed by atoms with Crippen molar-refractivity contribution in [2.24, 2.45) is 5.92 Å². The Balaban J connectivity index is 2.13. The van der Waals surface area contributed by atoms with Crippen LogP contribution in [0.3, 0.4) is 0 Å². The molecule has 0 bridgehead atoms. The summed E-state index contributed by atoms with van der Waals surface area (Å²) < 4.78 is 6.00. The molecule has 2 N–H and O–H groups in total. The van der Waals surface area contributed by atoms with E-state index in [0.717, 1.165) is 11.8 Å². The number of amides is 1. The predicted molar refractivity (Wildman–Crippen MR) is 93.6 cm³/mol. The third-order valence-corrected chi connectivity index (χ3v) is 4.40. The lowest BCUT2D eigenvalue weighted by Gasteiger charge is -2.31. The molecule has 1 fully saturated rings. The number of aldehydes is 1. The van der Waals surface area contributed by atoms with Crippen LogP contribution in [0.1, 0.15) is 45.1 Å². The molecule has 3 atom stereocenters. The largest absolute Gasteiger partial charge is 0.488 e. The minimum absolute atomic E-state index is 0.113. The summed E-state index contributed by atoms with van der Waals surface area (Å²) in [5.41, 5.74) is 1.50. The second kappa shape index (κ2) is 8.76. The van der Waals surface area contributed by atoms with Crippen molar-refractivity contribution in [3.63, 3.8) is 0 Å². The maximum atomic E-state index is 11.5. The molecule has 1 saturated carbocycles. The molecule has 136 valence electrons. The fraction of sp³-hybridized carbons (Fsp3) is 0.526. The van der Waals surface area contributed by atoms with Gasteiger partial charge in [-0.3, -0.25) is 4.79 Å². The molecule has 0 aromatic heterocycles. The highest BCUT2D eigenvalue weighted by atomic mass is 16.5. The van der Waals surface area contributed by atoms with Gasteiger partial charge in [-0.2, -0.15) is 0 Å². The zero-order chi connectivity index (χ0) is 18.4. The molecule has 0 heterocycles. The number of benzene rings is 1. The maximum Gasteiger partial charge on any atom is 0.221 e. The molecular formula is C19H25NO5. The smallest absolute Gasteiger partial charge is 0.221 e. The standard InChI is InChI=1S/C19H25NO5/c1-12(22)3-4-14-5-8-19(17(9-14)20-13(2)23)25-16-6-7-18(24)15(10-16)11-21/h5,8-9,11,15-16,18,24H,3-4,6-7,10H2,1-2H3,(H,20,23). The number of aryl methyl sites for hydroxylation is 1. The van der Waals surface area contributed by atoms with Gasteiger partial charge in [-0.05, 0) is 50.3 Å². The number of Topliss-reactive ketones (excluding diaryl/α,β-unsaturated/α-hetero) is 1. The Morgan fingerprint density at radius 3 is 2.72 bits per heavy atom. The second-order valence-electron chi connectivity index (χ2n) is 6.63. The van der Waals surface area contributed by atoms with Crippen LogP contribution in [-0.4, -0.2) is 35.3 Å². The van der Waals surface area contributed by atoms with Crippen molar-refractivity contribution in [3.8, 4) is 5.75 Å². The van der Waals surface area contributed by atoms with Crippen LogP contribution in [0.25, 0.3) is 0 Å². The van der Waals surface area contributed by atoms with Crippen LogP contribution in [0.4, 0.5) is 5.69 Å². The van der Waals surface area contributed by atoms with Crippen molar-refractivity contribution >= 4 is 23.7 Å². The molecule has 6 heteroatoms. The molecule has 0 aliphatic heterocycles. The molecule has 25 heavy (non-hydrogen) atoms. The first-order valence-electron chi connectivity index (χ1n) is 8.59. The minimum Gasteiger partial charge on any atom is -0.488 e. The number of carbonyl (C=O) groups excluding carboxylic acids is 3. The molecule has 2 rings (SSSR count). The average Bonchev–Trinajstić information content (AvgIpc) is 2.56. The summed E-state index contributed by atoms with van der Waals surface area (Å²) in [4.78, 5) is 33.7. The van der Waals surface area contributed by atoms with E-state index in [9.17, 15) is 19.5 Å². The first-order valence-corrected chi connectivity index (χ1v) is 8.59. The maximum absolute atomic E-state index is 11.5. The van der Waals surface area contributed by atoms with Crippen molar-refractivity contribution < 1.29 is 24.2 Å². The molecule has 0 radical (unpaired) electrons. The quantitative estimate of drug-likeness (QED) is 0.738. The highest BCUT2D eigenvalue weighted by Crippen LogP contribution is 2.32. The van der Waals surface area contributed by atoms with Gasteiger partial charge in [0, 0.05) is 19.3 Å². The van der Waals surface area contributed by atoms with E-state index in [1.165, 1.54) is 6.92 Å². The zero-order valence-electron chi connectivity index (χ0n) is 14.7. The molecule has 0 saturated heterocycles. The van der Waals surface area contributed by atoms with E-state index in [1.807, 2.05) is 12.1 Å². The van der Waals surface area contributed by atoms with Crippen LogP contribution in [-0.2, 0) is 20.8 Å². The van der Waals surface area contributed by atoms with E-state index in [2.05, 4.69) is 5.32 Å². The third kappa shape index (κ3) is 5.67. The summed E-state index contributed by atoms with van der Waals surface area (Å²) in [5, 5.41) is 12.6. The van der Waals surface area contributed by atoms with Crippen molar-refractivity contribution in [3.05, 3.63) is 23.8 Å². The van der Waals surface area contributed by atoms with E-state index < -0.39 is 12.0 Å². The molecular weight excluding hydrogens is 322 g/mol. The second-order valence-corrected chi connectivity index (χ2v) is 6.63. The number of hydrogen-bond acceptors (Lipinski definition) is 5. The molecule has 1 aromatic rings. The van der Waals surface area contributed by atoms with Gasteiger partial charge in [-0.25, -0.2) is 0 Å². The van der Waals surface area contributed by atoms with Gasteiger partial charge in [-0.1, -0.05) is 6.07 Å². The van der Waals surface area contributed by atoms with Gasteiger partial charge in [0.1, 0.15) is 17.8 Å². The van der Waals surface area contributed by atoms with Crippen LogP contribution in [0.5, 0.6) is 5.75 Å². The van der Waals surface area contributed by atoms with Crippen LogP contribution >= 0.6 is 0 Å². The summed E-state index contributed by atoms with van der Waals surface area (Å²) in [6.45, 7) is 2.97. The summed E-state index contributed by atoms with van der Waals surface area (Å²) in [7, 11) is 0. The number of aliphatic hydroxyl groups excluding tert-OH is 1. The molecule has 6 nitrogen and oxygen atoms in total. The Morgan fingerprint density at radius 2 is 2.08 bits per heavy atom. The van der Waals surface area contributed by atoms with Gasteiger partial charge in [0.15, 0.2) is 0 Å². The number of aliphatic hydroxyl groups is 1. The van der Waals surface area contributed by atoms with E-state index in [-0.39, 0.29) is 17.8 Å². The highest BCUT2D eigenvalue weighted by molar-refractivity contribution is 5.90. The lowest BCUT2D eigenvalue weighted by molar-refractivity contribution is -0.118. The van der Waals surface area contributed by atoms with Crippen molar-refractivity contribution in [2.45, 2.75) is 58.2 Å². The average molecular weight is 347 g/mol. The topological polar surface area (TPSA) is 92.7 Å². The lowest BCUT2D eigenvalue weighted by Crippen LogP contribution is -2.35. The normalized spacial score (nSPS) is 22.9. The first kappa shape index (κ1) is 19.1. The van der Waals surface area contributed by atoms with Crippen LogP contribution < -0.4 is 10.1 Å². The Bertz CT molecular complexity index is 643. The Hall–Kier alpha value is -2.21. The Morgan fingerprint density at radius 1 is 1.32 bits per heavy atom. The van der Waals surface area contributed by atoms with Gasteiger partial charge in [0.2, 0.25) is 5.91 Å². The van der Waals surface area contributed by atoms with Gasteiger partial charge in [-0.15, -0.1) is 0 Å². The van der Waals surface area contributed by atoms with E-state index in [0.29, 0.717) is 43.5 Å². The van der Waals surface area contributed by atoms with E-state index in [1.54, 1.807) is 13.0 Å². The number of rotatable bonds is 7. The Kier molecular flexibility index (Phi) is 6.70. The predicted octanol–water partition coefficient (Wildman–Crippen LogP) is 2.27. The molecule has 1 amide bonds. The van der Waals surface area contributed by atoms with Crippen molar-refractivity contribution in [2.75, 3.05) is 5.32 Å². The zero-order valence-corrected chi connectivity index (χ0v) is 14.7. The van der Waals surface area contributed by atoms with Crippen LogP contribution in [0.2, 0.25) is 0 Å². The SMILES string of the molecule is CC(=O)CCc1ccc(OC2CCC(O)C(C=O)C2)c(NC(C)=O)c1. The summed E-state index contributed by atoms with van der Waals surface area (Å²) in [6, 6.07) is 5.47. The molecule has 1 aliphatic carbocycles. The van der Waals surface area contributed by atoms with E-state index >= 15 is 0 Å². The van der Waals surface area contributed by atoms with Crippen molar-refractivity contribution in [1.29, 1.82) is 0 Å². The number of ketones is 1. The molecule has 1 aliphatic rings. The highest BCUT2D eigenvalue weighted by Gasteiger charge is 2.30. The number of hydrogen-bond donors (Lipinski definition) is 2.